The maximum Gasteiger partial charge on any atom is 0.211 e. The van der Waals surface area contributed by atoms with Crippen molar-refractivity contribution in [1.29, 1.82) is 0 Å². The lowest BCUT2D eigenvalue weighted by Crippen LogP contribution is -3.12. The van der Waals surface area contributed by atoms with Crippen LogP contribution in [0.1, 0.15) is 29.0 Å². The molecule has 13 aromatic rings. The lowest BCUT2D eigenvalue weighted by Gasteiger charge is -2.37. The first kappa shape index (κ1) is 37.8. The van der Waals surface area contributed by atoms with Gasteiger partial charge in [-0.1, -0.05) is 158 Å². The van der Waals surface area contributed by atoms with Crippen LogP contribution in [0.2, 0.25) is 0 Å². The standard InChI is InChI=1S/C62H43N5/c1-65-61(39-17-3-2-4-18-39)63-60(54-35-43-21-7-8-22-46(43)47-23-9-10-24-48(47)54)64-62(65)51-27-13-16-30-57(51)67-56-29-15-12-26-50(56)53-36-44-33-45(32-31-42(44)38-59(53)67)66-55-28-14-11-25-49(55)52-34-40-19-5-6-20-41(40)37-58(52)66/h2-38,61-62H,1H3,(H,63,64)/p+1. The topological polar surface area (TPSA) is 38.7 Å². The summed E-state index contributed by atoms with van der Waals surface area (Å²) < 4.78 is 4.94. The molecule has 1 aliphatic rings. The number of quaternary nitrogens is 1. The van der Waals surface area contributed by atoms with Crippen molar-refractivity contribution in [2.24, 2.45) is 4.99 Å². The van der Waals surface area contributed by atoms with Crippen LogP contribution < -0.4 is 10.2 Å². The molecule has 0 fully saturated rings. The number of rotatable bonds is 5. The molecule has 5 heteroatoms. The Hall–Kier alpha value is -8.51. The van der Waals surface area contributed by atoms with Crippen molar-refractivity contribution in [1.82, 2.24) is 14.5 Å². The number of nitrogens with zero attached hydrogens (tertiary/aromatic N) is 3. The highest BCUT2D eigenvalue weighted by Gasteiger charge is 2.37. The number of nitrogens with one attached hydrogen (secondary N) is 2. The van der Waals surface area contributed by atoms with E-state index in [1.807, 2.05) is 0 Å². The van der Waals surface area contributed by atoms with E-state index in [0.29, 0.717) is 0 Å². The molecule has 5 nitrogen and oxygen atoms in total. The first-order chi connectivity index (χ1) is 33.1. The highest BCUT2D eigenvalue weighted by Crippen LogP contribution is 2.40. The summed E-state index contributed by atoms with van der Waals surface area (Å²) in [5.41, 5.74) is 10.6. The summed E-state index contributed by atoms with van der Waals surface area (Å²) in [4.78, 5) is 6.85. The van der Waals surface area contributed by atoms with Gasteiger partial charge < -0.3 is 14.5 Å². The molecule has 0 radical (unpaired) electrons. The lowest BCUT2D eigenvalue weighted by atomic mass is 9.95. The van der Waals surface area contributed by atoms with Gasteiger partial charge in [0.2, 0.25) is 6.17 Å². The highest BCUT2D eigenvalue weighted by atomic mass is 15.4. The molecule has 0 aliphatic carbocycles. The van der Waals surface area contributed by atoms with E-state index >= 15 is 0 Å². The summed E-state index contributed by atoms with van der Waals surface area (Å²) in [6, 6.07) is 82.4. The maximum atomic E-state index is 5.59. The van der Waals surface area contributed by atoms with Crippen molar-refractivity contribution in [2.45, 2.75) is 12.3 Å². The van der Waals surface area contributed by atoms with Crippen LogP contribution in [0.4, 0.5) is 0 Å². The fourth-order valence-corrected chi connectivity index (χ4v) is 11.3. The SMILES string of the molecule is C[NH+]1C(c2ccccc2)N=C(c2cc3ccccc3c3ccccc23)NC1c1ccccc1-n1c2ccccc2c2cc3cc(-n4c5ccccc5c5cc6ccccc6cc54)ccc3cc21. The normalized spacial score (nSPS) is 16.5. The number of aromatic nitrogens is 2. The Bertz CT molecular complexity index is 4180. The lowest BCUT2D eigenvalue weighted by molar-refractivity contribution is -0.947. The Kier molecular flexibility index (Phi) is 8.33. The number of hydrogen-bond donors (Lipinski definition) is 2. The third-order valence-electron chi connectivity index (χ3n) is 14.5. The Morgan fingerprint density at radius 3 is 1.72 bits per heavy atom. The van der Waals surface area contributed by atoms with Crippen LogP contribution in [0.5, 0.6) is 0 Å². The van der Waals surface area contributed by atoms with Crippen LogP contribution in [0, 0.1) is 0 Å². The van der Waals surface area contributed by atoms with Crippen molar-refractivity contribution < 1.29 is 4.90 Å². The molecule has 14 rings (SSSR count). The molecule has 2 aromatic heterocycles. The van der Waals surface area contributed by atoms with E-state index in [1.165, 1.54) is 103 Å². The van der Waals surface area contributed by atoms with Crippen LogP contribution in [0.3, 0.4) is 0 Å². The van der Waals surface area contributed by atoms with Gasteiger partial charge >= 0.3 is 0 Å². The highest BCUT2D eigenvalue weighted by molar-refractivity contribution is 6.19. The smallest absolute Gasteiger partial charge is 0.211 e. The molecule has 2 N–H and O–H groups in total. The van der Waals surface area contributed by atoms with Crippen LogP contribution in [0.25, 0.3) is 98.1 Å². The number of aliphatic imine (C=N–C) groups is 1. The zero-order valence-corrected chi connectivity index (χ0v) is 36.9. The molecule has 0 saturated heterocycles. The fourth-order valence-electron chi connectivity index (χ4n) is 11.3. The fraction of sp³-hybridized carbons (Fsp3) is 0.0484. The van der Waals surface area contributed by atoms with Gasteiger partial charge in [0.05, 0.1) is 40.4 Å². The minimum absolute atomic E-state index is 0.137. The zero-order chi connectivity index (χ0) is 44.2. The number of hydrogen-bond acceptors (Lipinski definition) is 2. The second-order valence-electron chi connectivity index (χ2n) is 18.2. The van der Waals surface area contributed by atoms with E-state index in [4.69, 9.17) is 4.99 Å². The second-order valence-corrected chi connectivity index (χ2v) is 18.2. The van der Waals surface area contributed by atoms with Crippen molar-refractivity contribution in [3.8, 4) is 11.4 Å². The van der Waals surface area contributed by atoms with Crippen LogP contribution in [-0.4, -0.2) is 22.0 Å². The number of benzene rings is 11. The van der Waals surface area contributed by atoms with Crippen LogP contribution in [-0.2, 0) is 0 Å². The number of amidine groups is 1. The number of para-hydroxylation sites is 3. The molecule has 316 valence electrons. The average molecular weight is 859 g/mol. The summed E-state index contributed by atoms with van der Waals surface area (Å²) >= 11 is 0. The molecule has 0 spiro atoms. The van der Waals surface area contributed by atoms with Gasteiger partial charge in [-0.3, -0.25) is 4.90 Å². The molecule has 67 heavy (non-hydrogen) atoms. The molecule has 0 amide bonds. The predicted octanol–water partition coefficient (Wildman–Crippen LogP) is 13.8. The third-order valence-corrected chi connectivity index (χ3v) is 14.5. The first-order valence-corrected chi connectivity index (χ1v) is 23.3. The molecule has 3 atom stereocenters. The van der Waals surface area contributed by atoms with E-state index in [1.54, 1.807) is 0 Å². The Labute approximate surface area is 387 Å². The average Bonchev–Trinajstić information content (AvgIpc) is 3.88. The Morgan fingerprint density at radius 2 is 0.955 bits per heavy atom. The minimum atomic E-state index is -0.148. The van der Waals surface area contributed by atoms with Crippen molar-refractivity contribution in [2.75, 3.05) is 7.05 Å². The largest absolute Gasteiger partial charge is 0.317 e. The van der Waals surface area contributed by atoms with E-state index in [9.17, 15) is 0 Å². The summed E-state index contributed by atoms with van der Waals surface area (Å²) in [5, 5.41) is 18.8. The quantitative estimate of drug-likeness (QED) is 0.166. The van der Waals surface area contributed by atoms with Gasteiger partial charge in [0.15, 0.2) is 6.17 Å². The number of fused-ring (bicyclic) bond motifs is 11. The molecule has 11 aromatic carbocycles. The molecule has 3 heterocycles. The van der Waals surface area contributed by atoms with Crippen LogP contribution in [0.15, 0.2) is 229 Å². The van der Waals surface area contributed by atoms with Gasteiger partial charge in [-0.15, -0.1) is 0 Å². The molecular formula is C62H44N5+. The Morgan fingerprint density at radius 1 is 0.403 bits per heavy atom. The maximum absolute atomic E-state index is 5.59. The molecular weight excluding hydrogens is 815 g/mol. The monoisotopic (exact) mass is 858 g/mol. The van der Waals surface area contributed by atoms with Gasteiger partial charge in [0, 0.05) is 38.4 Å². The first-order valence-electron chi connectivity index (χ1n) is 23.3. The summed E-state index contributed by atoms with van der Waals surface area (Å²) in [5.74, 6) is 0.904. The van der Waals surface area contributed by atoms with Crippen LogP contribution >= 0.6 is 0 Å². The van der Waals surface area contributed by atoms with E-state index in [0.717, 1.165) is 22.8 Å². The van der Waals surface area contributed by atoms with Gasteiger partial charge in [-0.05, 0) is 110 Å². The van der Waals surface area contributed by atoms with Gasteiger partial charge in [-0.2, -0.15) is 0 Å². The van der Waals surface area contributed by atoms with Crippen molar-refractivity contribution in [3.05, 3.63) is 241 Å². The molecule has 0 bridgehead atoms. The van der Waals surface area contributed by atoms with Gasteiger partial charge in [-0.25, -0.2) is 4.99 Å². The zero-order valence-electron chi connectivity index (χ0n) is 36.9. The predicted molar refractivity (Wildman–Crippen MR) is 280 cm³/mol. The van der Waals surface area contributed by atoms with Crippen molar-refractivity contribution >= 4 is 92.5 Å². The molecule has 0 saturated carbocycles. The summed E-state index contributed by atoms with van der Waals surface area (Å²) in [7, 11) is 2.28. The summed E-state index contributed by atoms with van der Waals surface area (Å²) in [6.45, 7) is 0. The Balaban J connectivity index is 0.947. The van der Waals surface area contributed by atoms with E-state index in [-0.39, 0.29) is 12.3 Å². The van der Waals surface area contributed by atoms with E-state index < -0.39 is 0 Å². The van der Waals surface area contributed by atoms with E-state index in [2.05, 4.69) is 246 Å². The summed E-state index contributed by atoms with van der Waals surface area (Å²) in [6.07, 6.45) is -0.285. The second kappa shape index (κ2) is 14.8. The van der Waals surface area contributed by atoms with Gasteiger partial charge in [0.25, 0.3) is 0 Å². The minimum Gasteiger partial charge on any atom is -0.317 e. The van der Waals surface area contributed by atoms with Crippen molar-refractivity contribution in [3.63, 3.8) is 0 Å². The third kappa shape index (κ3) is 5.81. The van der Waals surface area contributed by atoms with Gasteiger partial charge in [0.1, 0.15) is 5.84 Å². The molecule has 1 aliphatic heterocycles. The molecule has 3 unspecified atom stereocenters.